The van der Waals surface area contributed by atoms with Gasteiger partial charge in [-0.25, -0.2) is 0 Å². The molecule has 4 fully saturated rings. The van der Waals surface area contributed by atoms with Gasteiger partial charge in [-0.1, -0.05) is 79.7 Å². The normalized spacial score (nSPS) is 33.0. The first-order valence-corrected chi connectivity index (χ1v) is 14.3. The topological polar surface area (TPSA) is 49.8 Å². The molecule has 2 aliphatic heterocycles. The number of aliphatic hydroxyl groups is 1. The number of nitrogens with zero attached hydrogens (tertiary/aromatic N) is 1. The van der Waals surface area contributed by atoms with Crippen LogP contribution in [0.15, 0.2) is 72.8 Å². The van der Waals surface area contributed by atoms with Crippen LogP contribution in [0, 0.1) is 29.1 Å². The molecule has 0 spiro atoms. The molecule has 0 bridgehead atoms. The fourth-order valence-corrected chi connectivity index (χ4v) is 8.30. The van der Waals surface area contributed by atoms with E-state index in [1.165, 1.54) is 18.4 Å². The van der Waals surface area contributed by atoms with Crippen molar-refractivity contribution in [3.8, 4) is 0 Å². The Hall–Kier alpha value is -2.43. The van der Waals surface area contributed by atoms with Gasteiger partial charge in [-0.2, -0.15) is 0 Å². The summed E-state index contributed by atoms with van der Waals surface area (Å²) in [6.45, 7) is 9.39. The van der Waals surface area contributed by atoms with Crippen LogP contribution in [0.5, 0.6) is 0 Å². The second-order valence-corrected chi connectivity index (χ2v) is 12.5. The lowest BCUT2D eigenvalue weighted by molar-refractivity contribution is -0.146. The van der Waals surface area contributed by atoms with Crippen LogP contribution in [0.3, 0.4) is 0 Å². The van der Waals surface area contributed by atoms with Crippen LogP contribution in [0.2, 0.25) is 0 Å². The van der Waals surface area contributed by atoms with Crippen LogP contribution in [-0.2, 0) is 15.1 Å². The predicted molar refractivity (Wildman–Crippen MR) is 146 cm³/mol. The second-order valence-electron chi connectivity index (χ2n) is 12.5. The highest BCUT2D eigenvalue weighted by atomic mass is 16.6. The molecule has 2 heterocycles. The molecule has 2 saturated heterocycles. The molecule has 37 heavy (non-hydrogen) atoms. The number of carbonyl (C=O) groups is 1. The third-order valence-corrected chi connectivity index (χ3v) is 10.4. The maximum absolute atomic E-state index is 13.1. The maximum Gasteiger partial charge on any atom is 0.310 e. The molecule has 196 valence electrons. The summed E-state index contributed by atoms with van der Waals surface area (Å²) >= 11 is 0. The van der Waals surface area contributed by atoms with Crippen LogP contribution < -0.4 is 0 Å². The summed E-state index contributed by atoms with van der Waals surface area (Å²) in [5, 5.41) is 12.2. The Kier molecular flexibility index (Phi) is 6.53. The molecule has 4 heteroatoms. The zero-order valence-corrected chi connectivity index (χ0v) is 22.1. The Bertz CT molecular complexity index is 1080. The van der Waals surface area contributed by atoms with Gasteiger partial charge in [0.05, 0.1) is 5.92 Å². The van der Waals surface area contributed by atoms with E-state index < -0.39 is 5.60 Å². The molecular weight excluding hydrogens is 458 g/mol. The Balaban J connectivity index is 1.15. The minimum absolute atomic E-state index is 0.00931. The highest BCUT2D eigenvalue weighted by Crippen LogP contribution is 2.57. The van der Waals surface area contributed by atoms with Crippen LogP contribution in [0.25, 0.3) is 0 Å². The molecule has 5 atom stereocenters. The van der Waals surface area contributed by atoms with Crippen molar-refractivity contribution in [2.45, 2.75) is 63.6 Å². The molecule has 0 radical (unpaired) electrons. The number of fused-ring (bicyclic) bond motifs is 2. The Morgan fingerprint density at radius 3 is 2.30 bits per heavy atom. The summed E-state index contributed by atoms with van der Waals surface area (Å²) in [7, 11) is 0. The molecule has 0 unspecified atom stereocenters. The SMILES string of the molecule is C=C1CCC[C@]2(C)C[C@H]3OC(=O)[C@H](CN4CCC(C(O)(c5ccccc5)c5ccccc5)CC4)[C@@H]3C[C@@H]12. The lowest BCUT2D eigenvalue weighted by Crippen LogP contribution is -2.48. The number of rotatable bonds is 5. The lowest BCUT2D eigenvalue weighted by atomic mass is 9.55. The first kappa shape index (κ1) is 24.9. The number of benzene rings is 2. The van der Waals surface area contributed by atoms with Gasteiger partial charge in [0.1, 0.15) is 11.7 Å². The van der Waals surface area contributed by atoms with Crippen LogP contribution in [-0.4, -0.2) is 41.7 Å². The summed E-state index contributed by atoms with van der Waals surface area (Å²) in [6.07, 6.45) is 7.48. The highest BCUT2D eigenvalue weighted by molar-refractivity contribution is 5.75. The molecule has 2 aliphatic carbocycles. The van der Waals surface area contributed by atoms with E-state index >= 15 is 0 Å². The van der Waals surface area contributed by atoms with Crippen molar-refractivity contribution >= 4 is 5.97 Å². The number of piperidine rings is 1. The predicted octanol–water partition coefficient (Wildman–Crippen LogP) is 5.95. The molecule has 0 aromatic heterocycles. The monoisotopic (exact) mass is 499 g/mol. The fraction of sp³-hybridized carbons (Fsp3) is 0.545. The van der Waals surface area contributed by atoms with Gasteiger partial charge in [0.15, 0.2) is 0 Å². The quantitative estimate of drug-likeness (QED) is 0.408. The van der Waals surface area contributed by atoms with Gasteiger partial charge >= 0.3 is 5.97 Å². The summed E-state index contributed by atoms with van der Waals surface area (Å²) in [5.41, 5.74) is 2.54. The number of esters is 1. The Morgan fingerprint density at radius 1 is 1.05 bits per heavy atom. The van der Waals surface area contributed by atoms with Crippen LogP contribution >= 0.6 is 0 Å². The molecule has 2 saturated carbocycles. The average molecular weight is 500 g/mol. The van der Waals surface area contributed by atoms with Gasteiger partial charge in [-0.15, -0.1) is 0 Å². The maximum atomic E-state index is 13.1. The van der Waals surface area contributed by atoms with E-state index in [0.717, 1.165) is 62.9 Å². The summed E-state index contributed by atoms with van der Waals surface area (Å²) < 4.78 is 6.02. The summed E-state index contributed by atoms with van der Waals surface area (Å²) in [6, 6.07) is 20.2. The van der Waals surface area contributed by atoms with Crippen molar-refractivity contribution in [3.63, 3.8) is 0 Å². The van der Waals surface area contributed by atoms with E-state index in [1.54, 1.807) is 0 Å². The first-order chi connectivity index (χ1) is 17.9. The molecule has 2 aromatic carbocycles. The molecular formula is C33H41NO3. The number of hydrogen-bond donors (Lipinski definition) is 1. The van der Waals surface area contributed by atoms with Crippen molar-refractivity contribution in [1.29, 1.82) is 0 Å². The molecule has 4 aliphatic rings. The van der Waals surface area contributed by atoms with Crippen molar-refractivity contribution < 1.29 is 14.6 Å². The number of likely N-dealkylation sites (tertiary alicyclic amines) is 1. The smallest absolute Gasteiger partial charge is 0.310 e. The van der Waals surface area contributed by atoms with Crippen molar-refractivity contribution in [2.75, 3.05) is 19.6 Å². The van der Waals surface area contributed by atoms with E-state index in [2.05, 4.69) is 18.4 Å². The Labute approximate surface area is 221 Å². The third kappa shape index (κ3) is 4.36. The zero-order valence-electron chi connectivity index (χ0n) is 22.1. The number of hydrogen-bond acceptors (Lipinski definition) is 4. The molecule has 2 aromatic rings. The van der Waals surface area contributed by atoms with Gasteiger partial charge < -0.3 is 14.7 Å². The molecule has 1 N–H and O–H groups in total. The standard InChI is InChI=1S/C33H41NO3/c1-23-10-9-17-32(2)21-30-27(20-29(23)32)28(31(35)37-30)22-34-18-15-26(16-19-34)33(36,24-11-5-3-6-12-24)25-13-7-4-8-14-25/h3-8,11-14,26-30,36H,1,9-10,15-22H2,2H3/t27-,28+,29-,30+,32+/m0/s1. The van der Waals surface area contributed by atoms with E-state index in [4.69, 9.17) is 4.74 Å². The third-order valence-electron chi connectivity index (χ3n) is 10.4. The zero-order chi connectivity index (χ0) is 25.6. The number of ether oxygens (including phenoxy) is 1. The van der Waals surface area contributed by atoms with E-state index in [0.29, 0.717) is 11.8 Å². The van der Waals surface area contributed by atoms with Gasteiger partial charge in [0.25, 0.3) is 0 Å². The van der Waals surface area contributed by atoms with Crippen molar-refractivity contribution in [3.05, 3.63) is 83.9 Å². The first-order valence-electron chi connectivity index (χ1n) is 14.3. The minimum atomic E-state index is -1.01. The van der Waals surface area contributed by atoms with Gasteiger partial charge in [0, 0.05) is 12.5 Å². The van der Waals surface area contributed by atoms with E-state index in [9.17, 15) is 9.90 Å². The van der Waals surface area contributed by atoms with E-state index in [1.807, 2.05) is 60.7 Å². The summed E-state index contributed by atoms with van der Waals surface area (Å²) in [5.74, 6) is 0.927. The molecule has 4 nitrogen and oxygen atoms in total. The van der Waals surface area contributed by atoms with Crippen LogP contribution in [0.1, 0.15) is 63.0 Å². The minimum Gasteiger partial charge on any atom is -0.462 e. The van der Waals surface area contributed by atoms with E-state index in [-0.39, 0.29) is 29.3 Å². The van der Waals surface area contributed by atoms with Crippen molar-refractivity contribution in [2.24, 2.45) is 29.1 Å². The largest absolute Gasteiger partial charge is 0.462 e. The highest BCUT2D eigenvalue weighted by Gasteiger charge is 2.55. The number of allylic oxidation sites excluding steroid dienone is 1. The Morgan fingerprint density at radius 2 is 1.68 bits per heavy atom. The number of carbonyl (C=O) groups excluding carboxylic acids is 1. The van der Waals surface area contributed by atoms with Gasteiger partial charge in [-0.3, -0.25) is 4.79 Å². The molecule has 6 rings (SSSR count). The molecule has 0 amide bonds. The second kappa shape index (κ2) is 9.71. The average Bonchev–Trinajstić information content (AvgIpc) is 3.21. The summed E-state index contributed by atoms with van der Waals surface area (Å²) in [4.78, 5) is 15.5. The van der Waals surface area contributed by atoms with Gasteiger partial charge in [-0.05, 0) is 86.4 Å². The van der Waals surface area contributed by atoms with Crippen molar-refractivity contribution in [1.82, 2.24) is 4.90 Å². The van der Waals surface area contributed by atoms with Crippen LogP contribution in [0.4, 0.5) is 0 Å². The lowest BCUT2D eigenvalue weighted by Gasteiger charge is -2.50. The fourth-order valence-electron chi connectivity index (χ4n) is 8.30. The van der Waals surface area contributed by atoms with Gasteiger partial charge in [0.2, 0.25) is 0 Å².